The van der Waals surface area contributed by atoms with Gasteiger partial charge in [0.05, 0.1) is 25.3 Å². The third-order valence-corrected chi connectivity index (χ3v) is 14.0. The molecule has 3 saturated heterocycles. The van der Waals surface area contributed by atoms with Gasteiger partial charge in [0.15, 0.2) is 13.6 Å². The highest BCUT2D eigenvalue weighted by molar-refractivity contribution is 7.92. The standard InChI is InChI=1S/C30H39FN7O6PS2.ClH/c1-21-25-19-24(44-17-3-10-38-14-11-37(12-15-38,13-16-38)9-2-8-35-30(33)34)6-7-27(25)46-29(21)47(42,43)36-28(45(39,40)41)22-4-5-23(20-32)26(31)18-22;/h4-7,18-19,28,36H,2-3,8-17H2,1H3,(H4-2,33,34,35,39,40,41);1H. The Balaban J connectivity index is 0.00000520. The van der Waals surface area contributed by atoms with E-state index in [1.807, 2.05) is 4.72 Å². The molecule has 6 N–H and O–H groups in total. The Bertz CT molecular complexity index is 1850. The van der Waals surface area contributed by atoms with E-state index in [1.54, 1.807) is 31.2 Å². The lowest BCUT2D eigenvalue weighted by molar-refractivity contribution is -1.08. The fraction of sp³-hybridized carbons (Fsp3) is 0.467. The molecule has 3 aromatic rings. The summed E-state index contributed by atoms with van der Waals surface area (Å²) in [7, 11) is -9.87. The van der Waals surface area contributed by atoms with E-state index in [9.17, 15) is 27.2 Å². The molecule has 3 fully saturated rings. The summed E-state index contributed by atoms with van der Waals surface area (Å²) in [4.78, 5) is 26.2. The maximum atomic E-state index is 14.2. The van der Waals surface area contributed by atoms with E-state index in [2.05, 4.69) is 4.99 Å². The first-order chi connectivity index (χ1) is 22.2. The van der Waals surface area contributed by atoms with Gasteiger partial charge in [0.25, 0.3) is 10.0 Å². The fourth-order valence-electron chi connectivity index (χ4n) is 6.66. The second-order valence-electron chi connectivity index (χ2n) is 12.4. The van der Waals surface area contributed by atoms with Crippen LogP contribution in [0.1, 0.15) is 35.3 Å². The van der Waals surface area contributed by atoms with Crippen LogP contribution in [0.3, 0.4) is 0 Å². The number of nitriles is 1. The summed E-state index contributed by atoms with van der Waals surface area (Å²) in [6.45, 7) is 11.8. The molecule has 3 aliphatic rings. The predicted molar refractivity (Wildman–Crippen MR) is 175 cm³/mol. The van der Waals surface area contributed by atoms with Gasteiger partial charge in [-0.25, -0.2) is 12.8 Å². The van der Waals surface area contributed by atoms with Crippen LogP contribution < -0.4 is 38.2 Å². The smallest absolute Gasteiger partial charge is 0.251 e. The Kier molecular flexibility index (Phi) is 11.8. The van der Waals surface area contributed by atoms with Crippen LogP contribution in [0.25, 0.3) is 10.1 Å². The lowest BCUT2D eigenvalue weighted by Crippen LogP contribution is -3.00. The van der Waals surface area contributed by atoms with Crippen molar-refractivity contribution in [2.45, 2.75) is 29.8 Å². The van der Waals surface area contributed by atoms with Gasteiger partial charge in [0.1, 0.15) is 66.9 Å². The molecule has 13 nitrogen and oxygen atoms in total. The number of guanidine groups is 1. The van der Waals surface area contributed by atoms with E-state index in [1.165, 1.54) is 0 Å². The van der Waals surface area contributed by atoms with Crippen molar-refractivity contribution in [2.24, 2.45) is 16.5 Å². The molecule has 2 atom stereocenters. The van der Waals surface area contributed by atoms with Gasteiger partial charge in [-0.3, -0.25) is 4.99 Å². The highest BCUT2D eigenvalue weighted by Gasteiger charge is 2.48. The van der Waals surface area contributed by atoms with E-state index in [4.69, 9.17) is 21.5 Å². The number of piperazine rings is 3. The van der Waals surface area contributed by atoms with Gasteiger partial charge < -0.3 is 51.9 Å². The SMILES string of the molecule is Cc1c(S(=O)(=O)NC(c2ccc(C#N)c(F)c2)P(=O)([O-])O)sc2ccc(OCCC[N+]34CC[N+](CCCN=C(N)N)(CC3)CC4)cc12.[Cl-]. The zero-order valence-electron chi connectivity index (χ0n) is 26.5. The van der Waals surface area contributed by atoms with Gasteiger partial charge in [0, 0.05) is 29.5 Å². The van der Waals surface area contributed by atoms with Crippen molar-refractivity contribution < 1.29 is 53.3 Å². The molecule has 0 radical (unpaired) electrons. The molecule has 6 rings (SSSR count). The van der Waals surface area contributed by atoms with Crippen LogP contribution in [0.2, 0.25) is 0 Å². The van der Waals surface area contributed by atoms with Gasteiger partial charge >= 0.3 is 0 Å². The minimum atomic E-state index is -5.38. The quantitative estimate of drug-likeness (QED) is 0.0517. The third kappa shape index (κ3) is 8.47. The number of quaternary nitrogens is 2. The first-order valence-electron chi connectivity index (χ1n) is 15.3. The van der Waals surface area contributed by atoms with E-state index >= 15 is 0 Å². The first kappa shape index (κ1) is 38.0. The van der Waals surface area contributed by atoms with Crippen molar-refractivity contribution in [3.63, 3.8) is 0 Å². The number of thiophene rings is 1. The number of halogens is 2. The lowest BCUT2D eigenvalue weighted by Gasteiger charge is -2.55. The Morgan fingerprint density at radius 2 is 1.77 bits per heavy atom. The molecule has 0 amide bonds. The van der Waals surface area contributed by atoms with E-state index in [0.29, 0.717) is 40.6 Å². The Morgan fingerprint density at radius 1 is 1.15 bits per heavy atom. The summed E-state index contributed by atoms with van der Waals surface area (Å²) in [5, 5.41) is 9.59. The molecule has 4 heterocycles. The van der Waals surface area contributed by atoms with Crippen LogP contribution in [0.5, 0.6) is 5.75 Å². The zero-order chi connectivity index (χ0) is 34.0. The first-order valence-corrected chi connectivity index (χ1v) is 19.3. The van der Waals surface area contributed by atoms with Gasteiger partial charge in [-0.2, -0.15) is 9.98 Å². The van der Waals surface area contributed by atoms with Crippen LogP contribution in [0, 0.1) is 24.1 Å². The van der Waals surface area contributed by atoms with Crippen LogP contribution >= 0.6 is 18.9 Å². The highest BCUT2D eigenvalue weighted by atomic mass is 35.5. The number of aliphatic imine (C=N–C) groups is 1. The van der Waals surface area contributed by atoms with Crippen molar-refractivity contribution in [3.05, 3.63) is 58.9 Å². The number of sulfonamides is 1. The van der Waals surface area contributed by atoms with Crippen molar-refractivity contribution in [1.29, 1.82) is 5.26 Å². The van der Waals surface area contributed by atoms with Gasteiger partial charge in [-0.15, -0.1) is 11.3 Å². The van der Waals surface area contributed by atoms with Crippen LogP contribution in [-0.2, 0) is 14.6 Å². The maximum Gasteiger partial charge on any atom is 0.251 e. The number of nitrogens with one attached hydrogen (secondary N) is 1. The molecule has 2 unspecified atom stereocenters. The molecular formula is C30H40ClFN7O6PS2. The predicted octanol–water partition coefficient (Wildman–Crippen LogP) is -1.16. The molecule has 18 heteroatoms. The van der Waals surface area contributed by atoms with Crippen molar-refractivity contribution in [3.8, 4) is 11.8 Å². The second-order valence-corrected chi connectivity index (χ2v) is 17.1. The summed E-state index contributed by atoms with van der Waals surface area (Å²) in [6, 6.07) is 9.69. The van der Waals surface area contributed by atoms with E-state index in [0.717, 1.165) is 97.6 Å². The number of hydrogen-bond donors (Lipinski definition) is 4. The summed E-state index contributed by atoms with van der Waals surface area (Å²) < 4.78 is 64.1. The average molecular weight is 744 g/mol. The fourth-order valence-corrected chi connectivity index (χ4v) is 11.0. The number of benzene rings is 2. The highest BCUT2D eigenvalue weighted by Crippen LogP contribution is 2.48. The summed E-state index contributed by atoms with van der Waals surface area (Å²) in [5.74, 6) is -2.47. The van der Waals surface area contributed by atoms with Crippen molar-refractivity contribution >= 4 is 45.0 Å². The third-order valence-electron chi connectivity index (χ3n) is 9.41. The summed E-state index contributed by atoms with van der Waals surface area (Å²) in [5.41, 5.74) is 10.6. The summed E-state index contributed by atoms with van der Waals surface area (Å²) in [6.07, 6.45) is 1.86. The van der Waals surface area contributed by atoms with Gasteiger partial charge in [-0.05, 0) is 48.4 Å². The Morgan fingerprint density at radius 3 is 2.33 bits per heavy atom. The molecule has 2 aromatic carbocycles. The van der Waals surface area contributed by atoms with Crippen LogP contribution in [0.4, 0.5) is 4.39 Å². The largest absolute Gasteiger partial charge is 1.00 e. The van der Waals surface area contributed by atoms with Crippen molar-refractivity contribution in [2.75, 3.05) is 65.5 Å². The van der Waals surface area contributed by atoms with Crippen molar-refractivity contribution in [1.82, 2.24) is 4.72 Å². The normalized spacial score (nSPS) is 22.3. The number of fused-ring (bicyclic) bond motifs is 4. The number of nitrogens with two attached hydrogens (primary N) is 2. The minimum absolute atomic E-state index is 0. The molecular weight excluding hydrogens is 704 g/mol. The molecule has 1 aromatic heterocycles. The maximum absolute atomic E-state index is 14.2. The zero-order valence-corrected chi connectivity index (χ0v) is 29.8. The molecule has 0 saturated carbocycles. The molecule has 2 bridgehead atoms. The second kappa shape index (κ2) is 15.0. The lowest BCUT2D eigenvalue weighted by atomic mass is 10.1. The Labute approximate surface area is 289 Å². The molecule has 0 aliphatic carbocycles. The molecule has 0 spiro atoms. The average Bonchev–Trinajstić information content (AvgIpc) is 3.37. The van der Waals surface area contributed by atoms with E-state index < -0.39 is 29.2 Å². The van der Waals surface area contributed by atoms with Gasteiger partial charge in [0.2, 0.25) is 0 Å². The number of ether oxygens (including phenoxy) is 1. The number of aryl methyl sites for hydroxylation is 1. The number of rotatable bonds is 14. The van der Waals surface area contributed by atoms with E-state index in [-0.39, 0.29) is 33.7 Å². The van der Waals surface area contributed by atoms with Crippen LogP contribution in [0.15, 0.2) is 45.6 Å². The summed E-state index contributed by atoms with van der Waals surface area (Å²) >= 11 is 0.940. The Hall–Kier alpha value is -2.84. The number of hydrogen-bond acceptors (Lipinski definition) is 8. The molecule has 48 heavy (non-hydrogen) atoms. The molecule has 3 aliphatic heterocycles. The monoisotopic (exact) mass is 743 g/mol. The van der Waals surface area contributed by atoms with Gasteiger partial charge in [-0.1, -0.05) is 6.07 Å². The minimum Gasteiger partial charge on any atom is -1.00 e. The molecule has 262 valence electrons. The number of nitrogens with zero attached hydrogens (tertiary/aromatic N) is 4. The van der Waals surface area contributed by atoms with Crippen LogP contribution in [-0.4, -0.2) is 93.7 Å². The topological polar surface area (TPSA) is 204 Å².